The number of nitrogens with zero attached hydrogens (tertiary/aromatic N) is 3. The molecule has 0 bridgehead atoms. The second-order valence-corrected chi connectivity index (χ2v) is 4.61. The first-order chi connectivity index (χ1) is 10.5. The van der Waals surface area contributed by atoms with Gasteiger partial charge in [-0.25, -0.2) is 4.98 Å². The van der Waals surface area contributed by atoms with Crippen molar-refractivity contribution in [3.05, 3.63) is 62.2 Å². The number of non-ortho nitro benzene ring substituents is 2. The minimum atomic E-state index is -0.756. The Balaban J connectivity index is 2.10. The third-order valence-electron chi connectivity index (χ3n) is 3.05. The van der Waals surface area contributed by atoms with Gasteiger partial charge in [0.25, 0.3) is 11.4 Å². The van der Waals surface area contributed by atoms with Crippen LogP contribution in [0.4, 0.5) is 11.4 Å². The summed E-state index contributed by atoms with van der Waals surface area (Å²) in [5.41, 5.74) is -0.0828. The molecule has 0 aliphatic rings. The number of hydrogen-bond acceptors (Lipinski definition) is 6. The Bertz CT molecular complexity index is 679. The Morgan fingerprint density at radius 1 is 1.14 bits per heavy atom. The first-order valence-corrected chi connectivity index (χ1v) is 6.41. The molecule has 2 rings (SSSR count). The van der Waals surface area contributed by atoms with E-state index < -0.39 is 21.2 Å². The predicted octanol–water partition coefficient (Wildman–Crippen LogP) is 2.43. The van der Waals surface area contributed by atoms with E-state index in [4.69, 9.17) is 0 Å². The molecule has 2 aromatic rings. The summed E-state index contributed by atoms with van der Waals surface area (Å²) < 4.78 is 0. The quantitative estimate of drug-likeness (QED) is 0.474. The van der Waals surface area contributed by atoms with E-state index in [2.05, 4.69) is 9.97 Å². The molecular weight excluding hydrogens is 292 g/mol. The summed E-state index contributed by atoms with van der Waals surface area (Å²) in [6.45, 7) is 0. The number of nitrogens with one attached hydrogen (secondary N) is 1. The molecule has 9 nitrogen and oxygen atoms in total. The Labute approximate surface area is 124 Å². The number of nitro benzene ring substituents is 2. The van der Waals surface area contributed by atoms with Crippen molar-refractivity contribution in [2.75, 3.05) is 0 Å². The largest absolute Gasteiger partial charge is 0.348 e. The lowest BCUT2D eigenvalue weighted by Crippen LogP contribution is -2.03. The maximum atomic E-state index is 12.1. The molecular formula is C13H12N4O5. The average molecular weight is 304 g/mol. The van der Waals surface area contributed by atoms with E-state index in [-0.39, 0.29) is 17.8 Å². The molecule has 22 heavy (non-hydrogen) atoms. The van der Waals surface area contributed by atoms with Crippen LogP contribution in [0.5, 0.6) is 0 Å². The molecule has 0 amide bonds. The number of ketones is 1. The number of hydrogen-bond donors (Lipinski definition) is 1. The Morgan fingerprint density at radius 2 is 1.77 bits per heavy atom. The van der Waals surface area contributed by atoms with Crippen molar-refractivity contribution in [3.63, 3.8) is 0 Å². The first kappa shape index (κ1) is 15.3. The molecule has 0 aliphatic carbocycles. The maximum Gasteiger partial charge on any atom is 0.277 e. The van der Waals surface area contributed by atoms with Crippen LogP contribution in [0.15, 0.2) is 30.7 Å². The van der Waals surface area contributed by atoms with Gasteiger partial charge in [0.2, 0.25) is 0 Å². The molecule has 0 aliphatic heterocycles. The van der Waals surface area contributed by atoms with E-state index in [1.54, 1.807) is 6.20 Å². The van der Waals surface area contributed by atoms with Crippen molar-refractivity contribution in [2.45, 2.75) is 19.3 Å². The van der Waals surface area contributed by atoms with Gasteiger partial charge in [0.15, 0.2) is 5.78 Å². The van der Waals surface area contributed by atoms with Crippen molar-refractivity contribution in [1.82, 2.24) is 9.97 Å². The summed E-state index contributed by atoms with van der Waals surface area (Å²) in [6.07, 6.45) is 4.42. The van der Waals surface area contributed by atoms with Crippen LogP contribution in [-0.2, 0) is 6.42 Å². The fraction of sp³-hybridized carbons (Fsp3) is 0.231. The van der Waals surface area contributed by atoms with E-state index in [1.807, 2.05) is 0 Å². The first-order valence-electron chi connectivity index (χ1n) is 6.41. The van der Waals surface area contributed by atoms with Crippen LogP contribution in [0.2, 0.25) is 0 Å². The van der Waals surface area contributed by atoms with E-state index in [0.717, 1.165) is 23.9 Å². The highest BCUT2D eigenvalue weighted by Crippen LogP contribution is 2.23. The summed E-state index contributed by atoms with van der Waals surface area (Å²) >= 11 is 0. The van der Waals surface area contributed by atoms with Crippen molar-refractivity contribution in [3.8, 4) is 0 Å². The molecule has 0 radical (unpaired) electrons. The van der Waals surface area contributed by atoms with Crippen LogP contribution in [0, 0.1) is 20.2 Å². The van der Waals surface area contributed by atoms with Gasteiger partial charge < -0.3 is 4.98 Å². The minimum Gasteiger partial charge on any atom is -0.348 e. The third-order valence-corrected chi connectivity index (χ3v) is 3.05. The van der Waals surface area contributed by atoms with Gasteiger partial charge >= 0.3 is 0 Å². The SMILES string of the molecule is O=C(CCCc1cnc[nH]1)c1cc([N+](=O)[O-])cc([N+](=O)[O-])c1. The highest BCUT2D eigenvalue weighted by atomic mass is 16.6. The van der Waals surface area contributed by atoms with Crippen molar-refractivity contribution < 1.29 is 14.6 Å². The number of aryl methyl sites for hydroxylation is 1. The van der Waals surface area contributed by atoms with E-state index in [9.17, 15) is 25.0 Å². The van der Waals surface area contributed by atoms with Crippen molar-refractivity contribution >= 4 is 17.2 Å². The average Bonchev–Trinajstić information content (AvgIpc) is 2.99. The standard InChI is InChI=1S/C13H12N4O5/c18-13(3-1-2-10-7-14-8-15-10)9-4-11(16(19)20)6-12(5-9)17(21)22/h4-8H,1-3H2,(H,14,15). The summed E-state index contributed by atoms with van der Waals surface area (Å²) in [5.74, 6) is -0.369. The van der Waals surface area contributed by atoms with Gasteiger partial charge in [0.05, 0.1) is 22.2 Å². The van der Waals surface area contributed by atoms with E-state index >= 15 is 0 Å². The Kier molecular flexibility index (Phi) is 4.57. The molecule has 9 heteroatoms. The highest BCUT2D eigenvalue weighted by molar-refractivity contribution is 5.97. The predicted molar refractivity (Wildman–Crippen MR) is 75.6 cm³/mol. The molecule has 0 fully saturated rings. The van der Waals surface area contributed by atoms with Crippen molar-refractivity contribution in [2.24, 2.45) is 0 Å². The number of H-pyrrole nitrogens is 1. The van der Waals surface area contributed by atoms with Crippen LogP contribution in [0.1, 0.15) is 28.9 Å². The molecule has 0 spiro atoms. The molecule has 1 heterocycles. The summed E-state index contributed by atoms with van der Waals surface area (Å²) in [5, 5.41) is 21.6. The summed E-state index contributed by atoms with van der Waals surface area (Å²) in [4.78, 5) is 38.8. The maximum absolute atomic E-state index is 12.1. The van der Waals surface area contributed by atoms with Gasteiger partial charge in [-0.3, -0.25) is 25.0 Å². The zero-order valence-corrected chi connectivity index (χ0v) is 11.4. The summed E-state index contributed by atoms with van der Waals surface area (Å²) in [6, 6.07) is 2.96. The van der Waals surface area contributed by atoms with Gasteiger partial charge in [-0.15, -0.1) is 0 Å². The van der Waals surface area contributed by atoms with Crippen LogP contribution in [-0.4, -0.2) is 25.6 Å². The van der Waals surface area contributed by atoms with Gasteiger partial charge in [-0.1, -0.05) is 0 Å². The number of benzene rings is 1. The van der Waals surface area contributed by atoms with Crippen molar-refractivity contribution in [1.29, 1.82) is 0 Å². The molecule has 1 aromatic carbocycles. The lowest BCUT2D eigenvalue weighted by Gasteiger charge is -2.02. The van der Waals surface area contributed by atoms with E-state index in [0.29, 0.717) is 12.8 Å². The number of nitro groups is 2. The third kappa shape index (κ3) is 3.72. The van der Waals surface area contributed by atoms with E-state index in [1.165, 1.54) is 6.33 Å². The molecule has 0 atom stereocenters. The van der Waals surface area contributed by atoms with Crippen LogP contribution < -0.4 is 0 Å². The lowest BCUT2D eigenvalue weighted by atomic mass is 10.0. The smallest absolute Gasteiger partial charge is 0.277 e. The fourth-order valence-electron chi connectivity index (χ4n) is 1.97. The minimum absolute atomic E-state index is 0.0227. The number of aromatic nitrogens is 2. The topological polar surface area (TPSA) is 132 Å². The molecule has 1 aromatic heterocycles. The van der Waals surface area contributed by atoms with Gasteiger partial charge in [0, 0.05) is 36.0 Å². The van der Waals surface area contributed by atoms with Gasteiger partial charge in [0.1, 0.15) is 0 Å². The van der Waals surface area contributed by atoms with Gasteiger partial charge in [-0.05, 0) is 12.8 Å². The molecule has 1 N–H and O–H groups in total. The zero-order valence-electron chi connectivity index (χ0n) is 11.4. The zero-order chi connectivity index (χ0) is 16.1. The Hall–Kier alpha value is -3.10. The summed E-state index contributed by atoms with van der Waals surface area (Å²) in [7, 11) is 0. The van der Waals surface area contributed by atoms with Crippen LogP contribution in [0.25, 0.3) is 0 Å². The highest BCUT2D eigenvalue weighted by Gasteiger charge is 2.19. The normalized spacial score (nSPS) is 10.4. The second-order valence-electron chi connectivity index (χ2n) is 4.61. The fourth-order valence-corrected chi connectivity index (χ4v) is 1.97. The molecule has 0 saturated carbocycles. The number of aromatic amines is 1. The van der Waals surface area contributed by atoms with Crippen LogP contribution >= 0.6 is 0 Å². The number of carbonyl (C=O) groups excluding carboxylic acids is 1. The Morgan fingerprint density at radius 3 is 2.27 bits per heavy atom. The molecule has 0 saturated heterocycles. The van der Waals surface area contributed by atoms with Gasteiger partial charge in [-0.2, -0.15) is 0 Å². The van der Waals surface area contributed by atoms with Crippen LogP contribution in [0.3, 0.4) is 0 Å². The number of rotatable bonds is 7. The molecule has 0 unspecified atom stereocenters. The number of carbonyl (C=O) groups is 1. The monoisotopic (exact) mass is 304 g/mol. The number of imidazole rings is 1. The second kappa shape index (κ2) is 6.57. The lowest BCUT2D eigenvalue weighted by molar-refractivity contribution is -0.394. The molecule has 114 valence electrons. The number of Topliss-reactive ketones (excluding diaryl/α,β-unsaturated/α-hetero) is 1.